The molecule has 4 heteroatoms. The van der Waals surface area contributed by atoms with E-state index in [9.17, 15) is 4.39 Å². The maximum atomic E-state index is 13.7. The summed E-state index contributed by atoms with van der Waals surface area (Å²) in [5, 5.41) is 3.79. The van der Waals surface area contributed by atoms with E-state index in [1.807, 2.05) is 6.07 Å². The molecular formula is C16H22ClFN2. The molecule has 1 aromatic carbocycles. The zero-order valence-corrected chi connectivity index (χ0v) is 12.7. The maximum absolute atomic E-state index is 13.7. The first kappa shape index (κ1) is 14.2. The van der Waals surface area contributed by atoms with Gasteiger partial charge < -0.3 is 10.2 Å². The fraction of sp³-hybridized carbons (Fsp3) is 0.625. The topological polar surface area (TPSA) is 15.3 Å². The SMILES string of the molecule is CCNC1CC2CCCC(C1)N2c1ccc(Cl)c(F)c1. The number of rotatable bonds is 3. The van der Waals surface area contributed by atoms with E-state index in [1.54, 1.807) is 12.1 Å². The van der Waals surface area contributed by atoms with Gasteiger partial charge in [0.2, 0.25) is 0 Å². The number of nitrogens with zero attached hydrogens (tertiary/aromatic N) is 1. The Morgan fingerprint density at radius 2 is 2.00 bits per heavy atom. The largest absolute Gasteiger partial charge is 0.365 e. The molecule has 2 aliphatic rings. The summed E-state index contributed by atoms with van der Waals surface area (Å²) in [4.78, 5) is 2.44. The van der Waals surface area contributed by atoms with Gasteiger partial charge in [-0.2, -0.15) is 0 Å². The van der Waals surface area contributed by atoms with Gasteiger partial charge in [0.05, 0.1) is 5.02 Å². The maximum Gasteiger partial charge on any atom is 0.143 e. The Kier molecular flexibility index (Phi) is 4.18. The number of piperidine rings is 2. The van der Waals surface area contributed by atoms with Crippen molar-refractivity contribution in [2.45, 2.75) is 57.2 Å². The third-order valence-electron chi connectivity index (χ3n) is 4.67. The number of hydrogen-bond donors (Lipinski definition) is 1. The molecule has 1 N–H and O–H groups in total. The van der Waals surface area contributed by atoms with Gasteiger partial charge in [-0.1, -0.05) is 18.5 Å². The summed E-state index contributed by atoms with van der Waals surface area (Å²) in [5.41, 5.74) is 0.997. The van der Waals surface area contributed by atoms with Crippen molar-refractivity contribution in [1.29, 1.82) is 0 Å². The van der Waals surface area contributed by atoms with Crippen LogP contribution < -0.4 is 10.2 Å². The first-order valence-corrected chi connectivity index (χ1v) is 8.03. The van der Waals surface area contributed by atoms with Crippen LogP contribution in [0.3, 0.4) is 0 Å². The molecule has 2 nitrogen and oxygen atoms in total. The van der Waals surface area contributed by atoms with Crippen molar-refractivity contribution < 1.29 is 4.39 Å². The zero-order chi connectivity index (χ0) is 14.1. The molecular weight excluding hydrogens is 275 g/mol. The summed E-state index contributed by atoms with van der Waals surface area (Å²) in [6.45, 7) is 3.19. The highest BCUT2D eigenvalue weighted by molar-refractivity contribution is 6.30. The fourth-order valence-electron chi connectivity index (χ4n) is 3.90. The molecule has 0 aliphatic carbocycles. The van der Waals surface area contributed by atoms with Crippen LogP contribution in [0.4, 0.5) is 10.1 Å². The van der Waals surface area contributed by atoms with Gasteiger partial charge in [-0.25, -0.2) is 4.39 Å². The number of nitrogens with one attached hydrogen (secondary N) is 1. The van der Waals surface area contributed by atoms with Crippen LogP contribution in [0, 0.1) is 5.82 Å². The fourth-order valence-corrected chi connectivity index (χ4v) is 4.02. The second-order valence-electron chi connectivity index (χ2n) is 5.97. The monoisotopic (exact) mass is 296 g/mol. The summed E-state index contributed by atoms with van der Waals surface area (Å²) < 4.78 is 13.7. The Hall–Kier alpha value is -0.800. The van der Waals surface area contributed by atoms with E-state index in [-0.39, 0.29) is 10.8 Å². The van der Waals surface area contributed by atoms with Gasteiger partial charge >= 0.3 is 0 Å². The van der Waals surface area contributed by atoms with Crippen molar-refractivity contribution in [2.75, 3.05) is 11.4 Å². The van der Waals surface area contributed by atoms with Crippen LogP contribution in [0.2, 0.25) is 5.02 Å². The first-order chi connectivity index (χ1) is 9.69. The highest BCUT2D eigenvalue weighted by Crippen LogP contribution is 2.38. The van der Waals surface area contributed by atoms with Crippen LogP contribution >= 0.6 is 11.6 Å². The van der Waals surface area contributed by atoms with Crippen molar-refractivity contribution in [2.24, 2.45) is 0 Å². The molecule has 0 saturated carbocycles. The first-order valence-electron chi connectivity index (χ1n) is 7.65. The minimum atomic E-state index is -0.309. The highest BCUT2D eigenvalue weighted by atomic mass is 35.5. The van der Waals surface area contributed by atoms with E-state index in [2.05, 4.69) is 17.1 Å². The lowest BCUT2D eigenvalue weighted by Crippen LogP contribution is -2.56. The molecule has 0 radical (unpaired) electrons. The smallest absolute Gasteiger partial charge is 0.143 e. The molecule has 0 spiro atoms. The van der Waals surface area contributed by atoms with E-state index in [0.717, 1.165) is 25.1 Å². The predicted octanol–water partition coefficient (Wildman–Crippen LogP) is 3.98. The number of halogens is 2. The Morgan fingerprint density at radius 1 is 1.30 bits per heavy atom. The van der Waals surface area contributed by atoms with E-state index in [4.69, 9.17) is 11.6 Å². The van der Waals surface area contributed by atoms with Gasteiger partial charge in [-0.3, -0.25) is 0 Å². The van der Waals surface area contributed by atoms with Crippen LogP contribution in [0.1, 0.15) is 39.0 Å². The second-order valence-corrected chi connectivity index (χ2v) is 6.38. The van der Waals surface area contributed by atoms with E-state index in [0.29, 0.717) is 18.1 Å². The minimum absolute atomic E-state index is 0.210. The van der Waals surface area contributed by atoms with Gasteiger partial charge in [-0.05, 0) is 56.8 Å². The van der Waals surface area contributed by atoms with Gasteiger partial charge in [-0.15, -0.1) is 0 Å². The van der Waals surface area contributed by atoms with Crippen LogP contribution in [0.5, 0.6) is 0 Å². The lowest BCUT2D eigenvalue weighted by atomic mass is 9.81. The number of fused-ring (bicyclic) bond motifs is 2. The van der Waals surface area contributed by atoms with Crippen LogP contribution in [0.15, 0.2) is 18.2 Å². The Labute approximate surface area is 125 Å². The van der Waals surface area contributed by atoms with Gasteiger partial charge in [0.1, 0.15) is 5.82 Å². The summed E-state index contributed by atoms with van der Waals surface area (Å²) in [7, 11) is 0. The molecule has 0 aromatic heterocycles. The molecule has 2 fully saturated rings. The standard InChI is InChI=1S/C16H22ClFN2/c1-2-19-11-8-12-4-3-5-13(9-11)20(12)14-6-7-15(17)16(18)10-14/h6-7,10-13,19H,2-5,8-9H2,1H3. The summed E-state index contributed by atoms with van der Waals surface area (Å²) >= 11 is 5.80. The molecule has 2 heterocycles. The molecule has 2 aliphatic heterocycles. The predicted molar refractivity (Wildman–Crippen MR) is 82.0 cm³/mol. The van der Waals surface area contributed by atoms with E-state index < -0.39 is 0 Å². The Balaban J connectivity index is 1.84. The Bertz CT molecular complexity index is 466. The molecule has 2 bridgehead atoms. The van der Waals surface area contributed by atoms with Gasteiger partial charge in [0.25, 0.3) is 0 Å². The normalized spacial score (nSPS) is 29.6. The molecule has 3 rings (SSSR count). The third-order valence-corrected chi connectivity index (χ3v) is 4.98. The van der Waals surface area contributed by atoms with E-state index >= 15 is 0 Å². The molecule has 2 unspecified atom stereocenters. The third kappa shape index (κ3) is 2.66. The zero-order valence-electron chi connectivity index (χ0n) is 11.9. The number of hydrogen-bond acceptors (Lipinski definition) is 2. The van der Waals surface area contributed by atoms with E-state index in [1.165, 1.54) is 19.3 Å². The molecule has 0 amide bonds. The average Bonchev–Trinajstić information content (AvgIpc) is 2.41. The van der Waals surface area contributed by atoms with Crippen molar-refractivity contribution >= 4 is 17.3 Å². The molecule has 110 valence electrons. The van der Waals surface area contributed by atoms with Crippen LogP contribution in [-0.2, 0) is 0 Å². The van der Waals surface area contributed by atoms with Crippen molar-refractivity contribution in [1.82, 2.24) is 5.32 Å². The number of anilines is 1. The minimum Gasteiger partial charge on any atom is -0.365 e. The van der Waals surface area contributed by atoms with Gasteiger partial charge in [0.15, 0.2) is 0 Å². The number of benzene rings is 1. The quantitative estimate of drug-likeness (QED) is 0.907. The lowest BCUT2D eigenvalue weighted by molar-refractivity contribution is 0.247. The average molecular weight is 297 g/mol. The summed E-state index contributed by atoms with van der Waals surface area (Å²) in [5.74, 6) is -0.309. The molecule has 1 aromatic rings. The highest BCUT2D eigenvalue weighted by Gasteiger charge is 2.38. The molecule has 2 saturated heterocycles. The van der Waals surface area contributed by atoms with Gasteiger partial charge in [0, 0.05) is 23.8 Å². The summed E-state index contributed by atoms with van der Waals surface area (Å²) in [6.07, 6.45) is 6.04. The van der Waals surface area contributed by atoms with Crippen LogP contribution in [0.25, 0.3) is 0 Å². The summed E-state index contributed by atoms with van der Waals surface area (Å²) in [6, 6.07) is 6.92. The second kappa shape index (κ2) is 5.90. The van der Waals surface area contributed by atoms with Crippen molar-refractivity contribution in [3.05, 3.63) is 29.0 Å². The van der Waals surface area contributed by atoms with Crippen LogP contribution in [-0.4, -0.2) is 24.7 Å². The van der Waals surface area contributed by atoms with Crippen molar-refractivity contribution in [3.8, 4) is 0 Å². The van der Waals surface area contributed by atoms with Crippen molar-refractivity contribution in [3.63, 3.8) is 0 Å². The lowest BCUT2D eigenvalue weighted by Gasteiger charge is -2.50. The molecule has 20 heavy (non-hydrogen) atoms. The molecule has 2 atom stereocenters. The Morgan fingerprint density at radius 3 is 2.60 bits per heavy atom.